The van der Waals surface area contributed by atoms with Gasteiger partial charge in [-0.1, -0.05) is 13.8 Å². The van der Waals surface area contributed by atoms with Crippen molar-refractivity contribution < 1.29 is 23.9 Å². The van der Waals surface area contributed by atoms with Crippen molar-refractivity contribution >= 4 is 29.3 Å². The average Bonchev–Trinajstić information content (AvgIpc) is 3.50. The highest BCUT2D eigenvalue weighted by atomic mass is 16.5. The number of urea groups is 1. The van der Waals surface area contributed by atoms with Crippen LogP contribution in [-0.4, -0.2) is 109 Å². The number of rotatable bonds is 8. The fraction of sp³-hybridized carbons (Fsp3) is 0.643. The molecule has 3 aliphatic heterocycles. The molecule has 0 bridgehead atoms. The van der Waals surface area contributed by atoms with E-state index in [2.05, 4.69) is 24.1 Å². The van der Waals surface area contributed by atoms with Gasteiger partial charge < -0.3 is 29.7 Å². The second-order valence-electron chi connectivity index (χ2n) is 10.7. The molecule has 4 amide bonds. The van der Waals surface area contributed by atoms with E-state index in [1.54, 1.807) is 26.8 Å². The molecule has 10 heteroatoms. The van der Waals surface area contributed by atoms with Crippen molar-refractivity contribution in [2.45, 2.75) is 58.7 Å². The van der Waals surface area contributed by atoms with Crippen molar-refractivity contribution in [3.8, 4) is 0 Å². The summed E-state index contributed by atoms with van der Waals surface area (Å²) in [6.07, 6.45) is 1.01. The number of Topliss-reactive ketones (excluding diaryl/α,β-unsaturated/α-hetero) is 1. The highest BCUT2D eigenvalue weighted by Crippen LogP contribution is 2.31. The van der Waals surface area contributed by atoms with Crippen LogP contribution in [0.3, 0.4) is 0 Å². The number of carbonyl (C=O) groups excluding carboxylic acids is 4. The molecule has 208 valence electrons. The molecule has 3 fully saturated rings. The predicted molar refractivity (Wildman–Crippen MR) is 144 cm³/mol. The van der Waals surface area contributed by atoms with Crippen molar-refractivity contribution in [3.63, 3.8) is 0 Å². The van der Waals surface area contributed by atoms with Gasteiger partial charge in [0.1, 0.15) is 12.1 Å². The summed E-state index contributed by atoms with van der Waals surface area (Å²) in [5.41, 5.74) is 1.53. The highest BCUT2D eigenvalue weighted by Gasteiger charge is 2.53. The van der Waals surface area contributed by atoms with E-state index in [0.29, 0.717) is 51.3 Å². The number of ether oxygens (including phenoxy) is 1. The number of anilines is 1. The van der Waals surface area contributed by atoms with Gasteiger partial charge in [-0.25, -0.2) is 4.79 Å². The first-order valence-corrected chi connectivity index (χ1v) is 13.9. The molecular weight excluding hydrogens is 486 g/mol. The fourth-order valence-electron chi connectivity index (χ4n) is 5.81. The van der Waals surface area contributed by atoms with E-state index in [9.17, 15) is 19.2 Å². The standard InChI is InChI=1S/C28H41N5O5/c1-5-30(6-2)21-9-7-20(8-10-21)26(35)29-22(17-19(3)4)27(36)32-12-11-23-25(32)24(34)18-33(23)28(37)31-13-15-38-16-14-31/h7-10,19,22-23,25H,5-6,11-18H2,1-4H3,(H,29,35). The van der Waals surface area contributed by atoms with Crippen molar-refractivity contribution in [1.29, 1.82) is 0 Å². The van der Waals surface area contributed by atoms with E-state index in [1.165, 1.54) is 0 Å². The normalized spacial score (nSPS) is 22.0. The second-order valence-corrected chi connectivity index (χ2v) is 10.7. The van der Waals surface area contributed by atoms with E-state index < -0.39 is 12.1 Å². The smallest absolute Gasteiger partial charge is 0.320 e. The van der Waals surface area contributed by atoms with Crippen molar-refractivity contribution in [2.24, 2.45) is 5.92 Å². The summed E-state index contributed by atoms with van der Waals surface area (Å²) in [6, 6.07) is 5.50. The van der Waals surface area contributed by atoms with Gasteiger partial charge in [0.2, 0.25) is 5.91 Å². The number of fused-ring (bicyclic) bond motifs is 1. The van der Waals surface area contributed by atoms with Gasteiger partial charge in [-0.15, -0.1) is 0 Å². The average molecular weight is 528 g/mol. The Hall–Kier alpha value is -3.14. The number of amides is 4. The van der Waals surface area contributed by atoms with E-state index in [1.807, 2.05) is 26.0 Å². The van der Waals surface area contributed by atoms with E-state index >= 15 is 0 Å². The van der Waals surface area contributed by atoms with E-state index in [-0.39, 0.29) is 42.1 Å². The first-order chi connectivity index (χ1) is 18.2. The third kappa shape index (κ3) is 5.80. The lowest BCUT2D eigenvalue weighted by atomic mass is 10.0. The monoisotopic (exact) mass is 527 g/mol. The Morgan fingerprint density at radius 1 is 1.03 bits per heavy atom. The number of benzene rings is 1. The maximum absolute atomic E-state index is 13.8. The van der Waals surface area contributed by atoms with Crippen LogP contribution >= 0.6 is 0 Å². The molecule has 3 heterocycles. The zero-order valence-corrected chi connectivity index (χ0v) is 23.0. The third-order valence-electron chi connectivity index (χ3n) is 7.80. The summed E-state index contributed by atoms with van der Waals surface area (Å²) >= 11 is 0. The van der Waals surface area contributed by atoms with Crippen LogP contribution in [0.2, 0.25) is 0 Å². The molecule has 1 aromatic carbocycles. The number of nitrogens with one attached hydrogen (secondary N) is 1. The Morgan fingerprint density at radius 2 is 1.68 bits per heavy atom. The molecule has 38 heavy (non-hydrogen) atoms. The fourth-order valence-corrected chi connectivity index (χ4v) is 5.81. The van der Waals surface area contributed by atoms with Crippen molar-refractivity contribution in [2.75, 3.05) is 57.4 Å². The summed E-state index contributed by atoms with van der Waals surface area (Å²) in [6.45, 7) is 12.3. The Balaban J connectivity index is 1.45. The molecule has 0 aliphatic carbocycles. The van der Waals surface area contributed by atoms with Crippen LogP contribution in [0, 0.1) is 5.92 Å². The first-order valence-electron chi connectivity index (χ1n) is 13.9. The molecule has 3 unspecified atom stereocenters. The number of hydrogen-bond acceptors (Lipinski definition) is 6. The Labute approximate surface area is 225 Å². The van der Waals surface area contributed by atoms with Gasteiger partial charge in [0.25, 0.3) is 5.91 Å². The molecule has 3 aliphatic rings. The lowest BCUT2D eigenvalue weighted by molar-refractivity contribution is -0.138. The maximum Gasteiger partial charge on any atom is 0.320 e. The molecule has 4 rings (SSSR count). The number of carbonyl (C=O) groups is 4. The van der Waals surface area contributed by atoms with Crippen LogP contribution in [0.5, 0.6) is 0 Å². The minimum Gasteiger partial charge on any atom is -0.378 e. The van der Waals surface area contributed by atoms with Crippen LogP contribution in [0.4, 0.5) is 10.5 Å². The summed E-state index contributed by atoms with van der Waals surface area (Å²) in [4.78, 5) is 60.2. The number of ketones is 1. The third-order valence-corrected chi connectivity index (χ3v) is 7.80. The van der Waals surface area contributed by atoms with Crippen molar-refractivity contribution in [3.05, 3.63) is 29.8 Å². The highest BCUT2D eigenvalue weighted by molar-refractivity contribution is 6.00. The Bertz CT molecular complexity index is 1020. The SMILES string of the molecule is CCN(CC)c1ccc(C(=O)NC(CC(C)C)C(=O)N2CCC3C2C(=O)CN3C(=O)N2CCOCC2)cc1. The van der Waals surface area contributed by atoms with Gasteiger partial charge in [0, 0.05) is 44.0 Å². The van der Waals surface area contributed by atoms with Gasteiger partial charge in [-0.3, -0.25) is 14.4 Å². The lowest BCUT2D eigenvalue weighted by Gasteiger charge is -2.33. The number of likely N-dealkylation sites (tertiary alicyclic amines) is 2. The summed E-state index contributed by atoms with van der Waals surface area (Å²) < 4.78 is 5.35. The molecule has 0 saturated carbocycles. The first kappa shape index (κ1) is 27.9. The lowest BCUT2D eigenvalue weighted by Crippen LogP contribution is -2.53. The zero-order valence-electron chi connectivity index (χ0n) is 23.0. The number of nitrogens with zero attached hydrogens (tertiary/aromatic N) is 4. The topological polar surface area (TPSA) is 102 Å². The quantitative estimate of drug-likeness (QED) is 0.555. The van der Waals surface area contributed by atoms with E-state index in [4.69, 9.17) is 4.74 Å². The Morgan fingerprint density at radius 3 is 2.29 bits per heavy atom. The van der Waals surface area contributed by atoms with Gasteiger partial charge in [0.15, 0.2) is 5.78 Å². The molecule has 10 nitrogen and oxygen atoms in total. The minimum absolute atomic E-state index is 0.00932. The largest absolute Gasteiger partial charge is 0.378 e. The molecule has 1 N–H and O–H groups in total. The van der Waals surface area contributed by atoms with Gasteiger partial charge in [-0.2, -0.15) is 0 Å². The van der Waals surface area contributed by atoms with Crippen LogP contribution < -0.4 is 10.2 Å². The predicted octanol–water partition coefficient (Wildman–Crippen LogP) is 1.98. The van der Waals surface area contributed by atoms with Crippen LogP contribution in [0.25, 0.3) is 0 Å². The Kier molecular flexibility index (Phi) is 8.91. The van der Waals surface area contributed by atoms with Crippen LogP contribution in [0.15, 0.2) is 24.3 Å². The van der Waals surface area contributed by atoms with Gasteiger partial charge in [-0.05, 0) is 56.9 Å². The van der Waals surface area contributed by atoms with Crippen molar-refractivity contribution in [1.82, 2.24) is 20.0 Å². The second kappa shape index (κ2) is 12.1. The maximum atomic E-state index is 13.8. The number of hydrogen-bond donors (Lipinski definition) is 1. The molecule has 0 spiro atoms. The molecule has 0 radical (unpaired) electrons. The van der Waals surface area contributed by atoms with Crippen LogP contribution in [0.1, 0.15) is 50.9 Å². The molecule has 3 saturated heterocycles. The van der Waals surface area contributed by atoms with Gasteiger partial charge >= 0.3 is 6.03 Å². The molecule has 0 aromatic heterocycles. The summed E-state index contributed by atoms with van der Waals surface area (Å²) in [7, 11) is 0. The minimum atomic E-state index is -0.750. The van der Waals surface area contributed by atoms with E-state index in [0.717, 1.165) is 18.8 Å². The molecular formula is C28H41N5O5. The zero-order chi connectivity index (χ0) is 27.4. The number of morpholine rings is 1. The molecule has 3 atom stereocenters. The van der Waals surface area contributed by atoms with Crippen LogP contribution in [-0.2, 0) is 14.3 Å². The van der Waals surface area contributed by atoms with Gasteiger partial charge in [0.05, 0.1) is 25.8 Å². The summed E-state index contributed by atoms with van der Waals surface area (Å²) in [5.74, 6) is -0.531. The summed E-state index contributed by atoms with van der Waals surface area (Å²) in [5, 5.41) is 2.94. The molecule has 1 aromatic rings.